The molecule has 1 amide bonds. The van der Waals surface area contributed by atoms with Gasteiger partial charge in [-0.25, -0.2) is 0 Å². The highest BCUT2D eigenvalue weighted by molar-refractivity contribution is 5.78. The van der Waals surface area contributed by atoms with Gasteiger partial charge in [0.15, 0.2) is 0 Å². The first-order valence-corrected chi connectivity index (χ1v) is 6.50. The Labute approximate surface area is 108 Å². The van der Waals surface area contributed by atoms with Gasteiger partial charge in [0.05, 0.1) is 6.54 Å². The van der Waals surface area contributed by atoms with Gasteiger partial charge in [-0.2, -0.15) is 0 Å². The van der Waals surface area contributed by atoms with Gasteiger partial charge in [-0.3, -0.25) is 9.69 Å². The van der Waals surface area contributed by atoms with Crippen LogP contribution in [0.1, 0.15) is 12.5 Å². The lowest BCUT2D eigenvalue weighted by Gasteiger charge is -2.31. The van der Waals surface area contributed by atoms with Crippen molar-refractivity contribution >= 4 is 5.91 Å². The highest BCUT2D eigenvalue weighted by Gasteiger charge is 2.17. The summed E-state index contributed by atoms with van der Waals surface area (Å²) in [6, 6.07) is 10.5. The van der Waals surface area contributed by atoms with Crippen molar-refractivity contribution in [1.29, 1.82) is 0 Å². The number of benzene rings is 1. The lowest BCUT2D eigenvalue weighted by molar-refractivity contribution is -0.122. The molecule has 4 heteroatoms. The van der Waals surface area contributed by atoms with Crippen molar-refractivity contribution in [3.63, 3.8) is 0 Å². The van der Waals surface area contributed by atoms with E-state index in [1.165, 1.54) is 0 Å². The molecule has 1 aliphatic heterocycles. The third-order valence-electron chi connectivity index (χ3n) is 3.15. The van der Waals surface area contributed by atoms with Crippen molar-refractivity contribution in [3.05, 3.63) is 35.9 Å². The Balaban J connectivity index is 1.72. The number of hydrogen-bond acceptors (Lipinski definition) is 3. The predicted octanol–water partition coefficient (Wildman–Crippen LogP) is 0.596. The molecule has 0 spiro atoms. The Hall–Kier alpha value is -1.39. The molecule has 1 fully saturated rings. The number of carbonyl (C=O) groups excluding carboxylic acids is 1. The van der Waals surface area contributed by atoms with Gasteiger partial charge >= 0.3 is 0 Å². The second-order valence-electron chi connectivity index (χ2n) is 4.85. The van der Waals surface area contributed by atoms with Crippen LogP contribution in [0.4, 0.5) is 0 Å². The number of nitrogens with one attached hydrogen (secondary N) is 2. The maximum absolute atomic E-state index is 11.8. The standard InChI is InChI=1S/C14H21N3O/c1-12-10-17(8-7-15-12)11-14(18)16-9-13-5-3-2-4-6-13/h2-6,12,15H,7-11H2,1H3,(H,16,18)/t12-/m0/s1. The first-order valence-electron chi connectivity index (χ1n) is 6.50. The molecule has 0 radical (unpaired) electrons. The number of hydrogen-bond donors (Lipinski definition) is 2. The number of piperazine rings is 1. The zero-order valence-electron chi connectivity index (χ0n) is 10.9. The van der Waals surface area contributed by atoms with E-state index in [1.54, 1.807) is 0 Å². The normalized spacial score (nSPS) is 20.6. The number of nitrogens with zero attached hydrogens (tertiary/aromatic N) is 1. The van der Waals surface area contributed by atoms with Gasteiger partial charge in [0.2, 0.25) is 5.91 Å². The zero-order valence-corrected chi connectivity index (χ0v) is 10.9. The Morgan fingerprint density at radius 3 is 2.94 bits per heavy atom. The minimum atomic E-state index is 0.105. The van der Waals surface area contributed by atoms with Gasteiger partial charge in [0.1, 0.15) is 0 Å². The summed E-state index contributed by atoms with van der Waals surface area (Å²) in [5, 5.41) is 6.33. The van der Waals surface area contributed by atoms with Gasteiger partial charge in [0.25, 0.3) is 0 Å². The molecular formula is C14H21N3O. The van der Waals surface area contributed by atoms with E-state index in [9.17, 15) is 4.79 Å². The van der Waals surface area contributed by atoms with Crippen molar-refractivity contribution in [1.82, 2.24) is 15.5 Å². The maximum atomic E-state index is 11.8. The van der Waals surface area contributed by atoms with E-state index in [4.69, 9.17) is 0 Å². The van der Waals surface area contributed by atoms with E-state index in [0.29, 0.717) is 19.1 Å². The van der Waals surface area contributed by atoms with Crippen LogP contribution in [0.5, 0.6) is 0 Å². The zero-order chi connectivity index (χ0) is 12.8. The van der Waals surface area contributed by atoms with Crippen molar-refractivity contribution in [2.75, 3.05) is 26.2 Å². The van der Waals surface area contributed by atoms with E-state index in [-0.39, 0.29) is 5.91 Å². The summed E-state index contributed by atoms with van der Waals surface area (Å²) in [5.74, 6) is 0.105. The molecule has 0 aromatic heterocycles. The van der Waals surface area contributed by atoms with Crippen molar-refractivity contribution < 1.29 is 4.79 Å². The molecule has 0 aliphatic carbocycles. The lowest BCUT2D eigenvalue weighted by Crippen LogP contribution is -2.51. The molecule has 1 saturated heterocycles. The first kappa shape index (κ1) is 13.1. The molecule has 1 aromatic rings. The minimum Gasteiger partial charge on any atom is -0.351 e. The highest BCUT2D eigenvalue weighted by atomic mass is 16.2. The largest absolute Gasteiger partial charge is 0.351 e. The summed E-state index contributed by atoms with van der Waals surface area (Å²) in [7, 11) is 0. The first-order chi connectivity index (χ1) is 8.74. The summed E-state index contributed by atoms with van der Waals surface area (Å²) in [6.07, 6.45) is 0. The minimum absolute atomic E-state index is 0.105. The van der Waals surface area contributed by atoms with E-state index in [2.05, 4.69) is 22.5 Å². The molecule has 18 heavy (non-hydrogen) atoms. The third kappa shape index (κ3) is 4.13. The Morgan fingerprint density at radius 1 is 1.44 bits per heavy atom. The fourth-order valence-corrected chi connectivity index (χ4v) is 2.21. The van der Waals surface area contributed by atoms with E-state index >= 15 is 0 Å². The summed E-state index contributed by atoms with van der Waals surface area (Å²) >= 11 is 0. The molecule has 0 unspecified atom stereocenters. The highest BCUT2D eigenvalue weighted by Crippen LogP contribution is 1.99. The van der Waals surface area contributed by atoms with E-state index in [1.807, 2.05) is 30.3 Å². The molecular weight excluding hydrogens is 226 g/mol. The Bertz CT molecular complexity index is 380. The maximum Gasteiger partial charge on any atom is 0.234 e. The molecule has 4 nitrogen and oxygen atoms in total. The van der Waals surface area contributed by atoms with Crippen molar-refractivity contribution in [2.45, 2.75) is 19.5 Å². The van der Waals surface area contributed by atoms with Crippen LogP contribution in [0.3, 0.4) is 0 Å². The van der Waals surface area contributed by atoms with Gasteiger partial charge in [-0.1, -0.05) is 30.3 Å². The van der Waals surface area contributed by atoms with Gasteiger partial charge in [-0.05, 0) is 12.5 Å². The van der Waals surface area contributed by atoms with Crippen LogP contribution in [-0.4, -0.2) is 43.0 Å². The van der Waals surface area contributed by atoms with Crippen LogP contribution in [0, 0.1) is 0 Å². The SMILES string of the molecule is C[C@H]1CN(CC(=O)NCc2ccccc2)CCN1. The monoisotopic (exact) mass is 247 g/mol. The van der Waals surface area contributed by atoms with Crippen LogP contribution in [0.2, 0.25) is 0 Å². The molecule has 1 atom stereocenters. The third-order valence-corrected chi connectivity index (χ3v) is 3.15. The van der Waals surface area contributed by atoms with E-state index < -0.39 is 0 Å². The van der Waals surface area contributed by atoms with Gasteiger partial charge in [-0.15, -0.1) is 0 Å². The van der Waals surface area contributed by atoms with Crippen LogP contribution in [0.15, 0.2) is 30.3 Å². The van der Waals surface area contributed by atoms with Crippen LogP contribution >= 0.6 is 0 Å². The summed E-state index contributed by atoms with van der Waals surface area (Å²) in [5.41, 5.74) is 1.14. The lowest BCUT2D eigenvalue weighted by atomic mass is 10.2. The molecule has 0 saturated carbocycles. The molecule has 2 N–H and O–H groups in total. The smallest absolute Gasteiger partial charge is 0.234 e. The fourth-order valence-electron chi connectivity index (χ4n) is 2.21. The Morgan fingerprint density at radius 2 is 2.22 bits per heavy atom. The molecule has 0 bridgehead atoms. The average molecular weight is 247 g/mol. The molecule has 2 rings (SSSR count). The van der Waals surface area contributed by atoms with Gasteiger partial charge < -0.3 is 10.6 Å². The molecule has 98 valence electrons. The predicted molar refractivity (Wildman–Crippen MR) is 72.2 cm³/mol. The fraction of sp³-hybridized carbons (Fsp3) is 0.500. The van der Waals surface area contributed by atoms with Crippen LogP contribution in [0.25, 0.3) is 0 Å². The second kappa shape index (κ2) is 6.52. The second-order valence-corrected chi connectivity index (χ2v) is 4.85. The number of carbonyl (C=O) groups is 1. The summed E-state index contributed by atoms with van der Waals surface area (Å²) in [4.78, 5) is 14.0. The van der Waals surface area contributed by atoms with Crippen molar-refractivity contribution in [2.24, 2.45) is 0 Å². The number of amides is 1. The summed E-state index contributed by atoms with van der Waals surface area (Å²) < 4.78 is 0. The quantitative estimate of drug-likeness (QED) is 0.819. The van der Waals surface area contributed by atoms with Crippen LogP contribution in [-0.2, 0) is 11.3 Å². The Kier molecular flexibility index (Phi) is 4.73. The van der Waals surface area contributed by atoms with E-state index in [0.717, 1.165) is 25.2 Å². The molecule has 1 aromatic carbocycles. The topological polar surface area (TPSA) is 44.4 Å². The van der Waals surface area contributed by atoms with Gasteiger partial charge in [0, 0.05) is 32.2 Å². The number of rotatable bonds is 4. The molecule has 1 aliphatic rings. The van der Waals surface area contributed by atoms with Crippen LogP contribution < -0.4 is 10.6 Å². The average Bonchev–Trinajstić information content (AvgIpc) is 2.38. The van der Waals surface area contributed by atoms with Crippen molar-refractivity contribution in [3.8, 4) is 0 Å². The summed E-state index contributed by atoms with van der Waals surface area (Å²) in [6.45, 7) is 6.11. The molecule has 1 heterocycles.